The number of hydrogen-bond donors (Lipinski definition) is 1. The molecule has 0 saturated heterocycles. The highest BCUT2D eigenvalue weighted by molar-refractivity contribution is 7.88. The molecule has 0 radical (unpaired) electrons. The van der Waals surface area contributed by atoms with Crippen molar-refractivity contribution in [2.45, 2.75) is 51.3 Å². The van der Waals surface area contributed by atoms with Gasteiger partial charge in [-0.25, -0.2) is 8.42 Å². The van der Waals surface area contributed by atoms with Crippen molar-refractivity contribution in [2.75, 3.05) is 13.1 Å². The maximum absolute atomic E-state index is 12.9. The number of nitrogens with zero attached hydrogens (tertiary/aromatic N) is 1. The average molecular weight is 312 g/mol. The highest BCUT2D eigenvalue weighted by atomic mass is 32.2. The van der Waals surface area contributed by atoms with Crippen LogP contribution in [0.5, 0.6) is 0 Å². The van der Waals surface area contributed by atoms with Crippen LogP contribution in [-0.2, 0) is 15.8 Å². The van der Waals surface area contributed by atoms with Crippen molar-refractivity contribution in [1.29, 1.82) is 0 Å². The van der Waals surface area contributed by atoms with E-state index in [4.69, 9.17) is 5.73 Å². The Morgan fingerprint density at radius 3 is 2.10 bits per heavy atom. The molecular formula is C16H28N2O2S. The molecule has 0 fully saturated rings. The smallest absolute Gasteiger partial charge is 0.218 e. The van der Waals surface area contributed by atoms with E-state index >= 15 is 0 Å². The Morgan fingerprint density at radius 1 is 1.10 bits per heavy atom. The van der Waals surface area contributed by atoms with E-state index in [1.165, 1.54) is 0 Å². The Hall–Kier alpha value is -0.910. The maximum Gasteiger partial charge on any atom is 0.218 e. The average Bonchev–Trinajstić information content (AvgIpc) is 2.49. The minimum Gasteiger partial charge on any atom is -0.329 e. The summed E-state index contributed by atoms with van der Waals surface area (Å²) >= 11 is 0. The number of rotatable bonds is 9. The molecule has 0 unspecified atom stereocenters. The van der Waals surface area contributed by atoms with E-state index in [2.05, 4.69) is 0 Å². The predicted octanol–water partition coefficient (Wildman–Crippen LogP) is 2.75. The van der Waals surface area contributed by atoms with Gasteiger partial charge in [-0.15, -0.1) is 0 Å². The van der Waals surface area contributed by atoms with Gasteiger partial charge in [-0.3, -0.25) is 0 Å². The van der Waals surface area contributed by atoms with E-state index in [9.17, 15) is 8.42 Å². The molecule has 0 aliphatic heterocycles. The lowest BCUT2D eigenvalue weighted by molar-refractivity contribution is 0.177. The van der Waals surface area contributed by atoms with Gasteiger partial charge in [0.05, 0.1) is 5.75 Å². The van der Waals surface area contributed by atoms with Crippen LogP contribution in [-0.4, -0.2) is 31.4 Å². The summed E-state index contributed by atoms with van der Waals surface area (Å²) in [4.78, 5) is 0. The molecule has 0 aromatic heterocycles. The van der Waals surface area contributed by atoms with Gasteiger partial charge in [-0.1, -0.05) is 51.1 Å². The first-order valence-corrected chi connectivity index (χ1v) is 9.31. The van der Waals surface area contributed by atoms with Crippen LogP contribution in [0.2, 0.25) is 0 Å². The number of hydrogen-bond acceptors (Lipinski definition) is 3. The molecule has 21 heavy (non-hydrogen) atoms. The second-order valence-electron chi connectivity index (χ2n) is 5.45. The molecule has 0 amide bonds. The molecule has 1 aromatic carbocycles. The van der Waals surface area contributed by atoms with Gasteiger partial charge < -0.3 is 5.73 Å². The number of nitrogens with two attached hydrogens (primary N) is 1. The van der Waals surface area contributed by atoms with Gasteiger partial charge in [-0.2, -0.15) is 4.31 Å². The van der Waals surface area contributed by atoms with E-state index in [-0.39, 0.29) is 5.75 Å². The predicted molar refractivity (Wildman–Crippen MR) is 88.4 cm³/mol. The molecule has 120 valence electrons. The van der Waals surface area contributed by atoms with Crippen LogP contribution in [0.25, 0.3) is 0 Å². The fourth-order valence-electron chi connectivity index (χ4n) is 2.73. The topological polar surface area (TPSA) is 63.4 Å². The summed E-state index contributed by atoms with van der Waals surface area (Å²) in [6.07, 6.45) is 2.25. The summed E-state index contributed by atoms with van der Waals surface area (Å²) < 4.78 is 27.4. The third-order valence-electron chi connectivity index (χ3n) is 4.18. The Morgan fingerprint density at radius 2 is 1.67 bits per heavy atom. The summed E-state index contributed by atoms with van der Waals surface area (Å²) in [7, 11) is -3.38. The Kier molecular flexibility index (Phi) is 6.84. The van der Waals surface area contributed by atoms with Gasteiger partial charge >= 0.3 is 0 Å². The lowest BCUT2D eigenvalue weighted by atomic mass is 9.93. The van der Waals surface area contributed by atoms with Gasteiger partial charge in [-0.05, 0) is 24.8 Å². The molecule has 1 rings (SSSR count). The van der Waals surface area contributed by atoms with Gasteiger partial charge in [0.1, 0.15) is 0 Å². The highest BCUT2D eigenvalue weighted by Gasteiger charge is 2.39. The fraction of sp³-hybridized carbons (Fsp3) is 0.625. The molecule has 0 aliphatic carbocycles. The Balaban J connectivity index is 3.13. The molecule has 0 aliphatic rings. The SMILES string of the molecule is CCCN(C(CC)(CC)CN)S(=O)(=O)Cc1ccccc1. The largest absolute Gasteiger partial charge is 0.329 e. The van der Waals surface area contributed by atoms with Crippen molar-refractivity contribution in [3.63, 3.8) is 0 Å². The van der Waals surface area contributed by atoms with Crippen LogP contribution in [0.1, 0.15) is 45.6 Å². The van der Waals surface area contributed by atoms with Crippen LogP contribution in [0.3, 0.4) is 0 Å². The van der Waals surface area contributed by atoms with Gasteiger partial charge in [0.15, 0.2) is 0 Å². The van der Waals surface area contributed by atoms with Gasteiger partial charge in [0.2, 0.25) is 10.0 Å². The Bertz CT molecular complexity index is 502. The van der Waals surface area contributed by atoms with Crippen LogP contribution in [0.4, 0.5) is 0 Å². The summed E-state index contributed by atoms with van der Waals surface area (Å²) in [6, 6.07) is 9.32. The molecule has 1 aromatic rings. The second kappa shape index (κ2) is 7.92. The zero-order valence-corrected chi connectivity index (χ0v) is 14.2. The number of benzene rings is 1. The molecule has 0 saturated carbocycles. The molecule has 0 atom stereocenters. The molecule has 2 N–H and O–H groups in total. The Labute approximate surface area is 129 Å². The first-order chi connectivity index (χ1) is 9.95. The van der Waals surface area contributed by atoms with E-state index in [0.29, 0.717) is 13.1 Å². The lowest BCUT2D eigenvalue weighted by Crippen LogP contribution is -2.56. The molecular weight excluding hydrogens is 284 g/mol. The van der Waals surface area contributed by atoms with Crippen LogP contribution < -0.4 is 5.73 Å². The van der Waals surface area contributed by atoms with Gasteiger partial charge in [0.25, 0.3) is 0 Å². The lowest BCUT2D eigenvalue weighted by Gasteiger charge is -2.41. The van der Waals surface area contributed by atoms with E-state index in [1.807, 2.05) is 51.1 Å². The maximum atomic E-state index is 12.9. The van der Waals surface area contributed by atoms with Crippen molar-refractivity contribution in [1.82, 2.24) is 4.31 Å². The quantitative estimate of drug-likeness (QED) is 0.762. The van der Waals surface area contributed by atoms with E-state index < -0.39 is 15.6 Å². The highest BCUT2D eigenvalue weighted by Crippen LogP contribution is 2.28. The summed E-state index contributed by atoms with van der Waals surface area (Å²) in [5.41, 5.74) is 6.29. The molecule has 5 heteroatoms. The normalized spacial score (nSPS) is 12.8. The summed E-state index contributed by atoms with van der Waals surface area (Å²) in [5, 5.41) is 0. The summed E-state index contributed by atoms with van der Waals surface area (Å²) in [6.45, 7) is 6.90. The third-order valence-corrected chi connectivity index (χ3v) is 6.12. The minimum atomic E-state index is -3.38. The first kappa shape index (κ1) is 18.1. The van der Waals surface area contributed by atoms with Crippen LogP contribution in [0.15, 0.2) is 30.3 Å². The molecule has 0 spiro atoms. The van der Waals surface area contributed by atoms with E-state index in [1.54, 1.807) is 4.31 Å². The zero-order valence-electron chi connectivity index (χ0n) is 13.4. The van der Waals surface area contributed by atoms with Crippen molar-refractivity contribution in [3.05, 3.63) is 35.9 Å². The van der Waals surface area contributed by atoms with Gasteiger partial charge in [0, 0.05) is 18.6 Å². The molecule has 0 heterocycles. The van der Waals surface area contributed by atoms with Crippen molar-refractivity contribution in [2.24, 2.45) is 5.73 Å². The van der Waals surface area contributed by atoms with Crippen LogP contribution >= 0.6 is 0 Å². The second-order valence-corrected chi connectivity index (χ2v) is 7.34. The zero-order chi connectivity index (χ0) is 15.9. The number of sulfonamides is 1. The van der Waals surface area contributed by atoms with E-state index in [0.717, 1.165) is 24.8 Å². The standard InChI is InChI=1S/C16H28N2O2S/c1-4-12-18(16(5-2,6-3)14-17)21(19,20)13-15-10-8-7-9-11-15/h7-11H,4-6,12-14,17H2,1-3H3. The third kappa shape index (κ3) is 4.28. The monoisotopic (exact) mass is 312 g/mol. The molecule has 0 bridgehead atoms. The van der Waals surface area contributed by atoms with Crippen molar-refractivity contribution < 1.29 is 8.42 Å². The van der Waals surface area contributed by atoms with Crippen molar-refractivity contribution >= 4 is 10.0 Å². The molecule has 4 nitrogen and oxygen atoms in total. The first-order valence-electron chi connectivity index (χ1n) is 7.70. The summed E-state index contributed by atoms with van der Waals surface area (Å²) in [5.74, 6) is 0.0373. The van der Waals surface area contributed by atoms with Crippen molar-refractivity contribution in [3.8, 4) is 0 Å². The van der Waals surface area contributed by atoms with Crippen LogP contribution in [0, 0.1) is 0 Å². The fourth-order valence-corrected chi connectivity index (χ4v) is 4.88. The minimum absolute atomic E-state index is 0.0373.